The fraction of sp³-hybridized carbons (Fsp3) is 0.286. The van der Waals surface area contributed by atoms with Crippen LogP contribution in [0.15, 0.2) is 34.9 Å². The molecule has 1 heterocycles. The van der Waals surface area contributed by atoms with Crippen LogP contribution >= 0.6 is 11.6 Å². The maximum absolute atomic E-state index is 12.1. The van der Waals surface area contributed by atoms with Crippen LogP contribution in [-0.2, 0) is 4.79 Å². The molecular formula is C14H15ClN2O3. The molecule has 0 radical (unpaired) electrons. The summed E-state index contributed by atoms with van der Waals surface area (Å²) in [5.41, 5.74) is 0. The molecule has 2 aromatic rings. The number of aryl methyl sites for hydroxylation is 1. The van der Waals surface area contributed by atoms with E-state index in [9.17, 15) is 4.79 Å². The van der Waals surface area contributed by atoms with Crippen LogP contribution in [-0.4, -0.2) is 17.2 Å². The van der Waals surface area contributed by atoms with Gasteiger partial charge in [0.2, 0.25) is 0 Å². The number of benzene rings is 1. The van der Waals surface area contributed by atoms with Gasteiger partial charge in [-0.05, 0) is 37.6 Å². The Balaban J connectivity index is 2.00. The lowest BCUT2D eigenvalue weighted by molar-refractivity contribution is -0.122. The fourth-order valence-corrected chi connectivity index (χ4v) is 1.76. The summed E-state index contributed by atoms with van der Waals surface area (Å²) in [7, 11) is 0. The lowest BCUT2D eigenvalue weighted by Crippen LogP contribution is -2.32. The fourth-order valence-electron chi connectivity index (χ4n) is 1.63. The van der Waals surface area contributed by atoms with Gasteiger partial charge in [-0.15, -0.1) is 0 Å². The van der Waals surface area contributed by atoms with Gasteiger partial charge in [-0.25, -0.2) is 0 Å². The van der Waals surface area contributed by atoms with Crippen molar-refractivity contribution in [3.63, 3.8) is 0 Å². The highest BCUT2D eigenvalue weighted by molar-refractivity contribution is 6.30. The first kappa shape index (κ1) is 14.4. The molecule has 1 atom stereocenters. The van der Waals surface area contributed by atoms with Crippen molar-refractivity contribution in [3.05, 3.63) is 41.1 Å². The molecule has 0 bridgehead atoms. The largest absolute Gasteiger partial charge is 0.481 e. The van der Waals surface area contributed by atoms with E-state index in [1.807, 2.05) is 6.92 Å². The molecule has 2 rings (SSSR count). The van der Waals surface area contributed by atoms with Crippen LogP contribution in [0.3, 0.4) is 0 Å². The number of aromatic nitrogens is 1. The standard InChI is InChI=1S/C14H15ClN2O3/c1-3-12(19-11-6-4-10(15)5-7-11)14(18)16-13-8-9(2)20-17-13/h4-8,12H,3H2,1-2H3,(H,16,17,18)/t12-/m0/s1. The molecule has 0 aliphatic heterocycles. The molecule has 0 saturated heterocycles. The Labute approximate surface area is 121 Å². The van der Waals surface area contributed by atoms with Crippen molar-refractivity contribution in [2.45, 2.75) is 26.4 Å². The van der Waals surface area contributed by atoms with Crippen LogP contribution in [0.1, 0.15) is 19.1 Å². The average Bonchev–Trinajstić information content (AvgIpc) is 2.83. The number of amides is 1. The number of nitrogens with one attached hydrogen (secondary N) is 1. The molecule has 0 spiro atoms. The first-order valence-electron chi connectivity index (χ1n) is 6.25. The van der Waals surface area contributed by atoms with Crippen molar-refractivity contribution in [1.82, 2.24) is 5.16 Å². The molecule has 20 heavy (non-hydrogen) atoms. The molecule has 1 N–H and O–H groups in total. The smallest absolute Gasteiger partial charge is 0.266 e. The van der Waals surface area contributed by atoms with Gasteiger partial charge in [-0.1, -0.05) is 23.7 Å². The third-order valence-corrected chi connectivity index (χ3v) is 2.89. The lowest BCUT2D eigenvalue weighted by Gasteiger charge is -2.16. The molecular weight excluding hydrogens is 280 g/mol. The van der Waals surface area contributed by atoms with Crippen LogP contribution in [0.5, 0.6) is 5.75 Å². The van der Waals surface area contributed by atoms with Crippen molar-refractivity contribution >= 4 is 23.3 Å². The van der Waals surface area contributed by atoms with Crippen molar-refractivity contribution in [2.24, 2.45) is 0 Å². The van der Waals surface area contributed by atoms with Crippen LogP contribution in [0.2, 0.25) is 5.02 Å². The molecule has 1 amide bonds. The summed E-state index contributed by atoms with van der Waals surface area (Å²) in [6.45, 7) is 3.62. The van der Waals surface area contributed by atoms with Gasteiger partial charge in [0, 0.05) is 11.1 Å². The number of halogens is 1. The monoisotopic (exact) mass is 294 g/mol. The molecule has 0 fully saturated rings. The normalized spacial score (nSPS) is 11.9. The van der Waals surface area contributed by atoms with E-state index in [1.165, 1.54) is 0 Å². The predicted octanol–water partition coefficient (Wildman–Crippen LogP) is 3.43. The highest BCUT2D eigenvalue weighted by Gasteiger charge is 2.19. The molecule has 0 aliphatic rings. The van der Waals surface area contributed by atoms with Gasteiger partial charge in [0.05, 0.1) is 0 Å². The minimum Gasteiger partial charge on any atom is -0.481 e. The first-order chi connectivity index (χ1) is 9.58. The van der Waals surface area contributed by atoms with Crippen molar-refractivity contribution in [3.8, 4) is 5.75 Å². The second kappa shape index (κ2) is 6.43. The van der Waals surface area contributed by atoms with Crippen molar-refractivity contribution < 1.29 is 14.1 Å². The number of hydrogen-bond acceptors (Lipinski definition) is 4. The van der Waals surface area contributed by atoms with E-state index in [0.29, 0.717) is 28.8 Å². The number of carbonyl (C=O) groups excluding carboxylic acids is 1. The van der Waals surface area contributed by atoms with E-state index in [-0.39, 0.29) is 5.91 Å². The number of carbonyl (C=O) groups is 1. The second-order valence-electron chi connectivity index (χ2n) is 4.28. The summed E-state index contributed by atoms with van der Waals surface area (Å²) in [5.74, 6) is 1.33. The first-order valence-corrected chi connectivity index (χ1v) is 6.62. The maximum atomic E-state index is 12.1. The minimum absolute atomic E-state index is 0.268. The van der Waals surface area contributed by atoms with Crippen LogP contribution < -0.4 is 10.1 Å². The average molecular weight is 295 g/mol. The van der Waals surface area contributed by atoms with Gasteiger partial charge in [0.1, 0.15) is 11.5 Å². The highest BCUT2D eigenvalue weighted by atomic mass is 35.5. The highest BCUT2D eigenvalue weighted by Crippen LogP contribution is 2.18. The van der Waals surface area contributed by atoms with Crippen molar-refractivity contribution in [1.29, 1.82) is 0 Å². The summed E-state index contributed by atoms with van der Waals surface area (Å²) in [6, 6.07) is 8.51. The number of rotatable bonds is 5. The van der Waals surface area contributed by atoms with Crippen LogP contribution in [0.25, 0.3) is 0 Å². The zero-order chi connectivity index (χ0) is 14.5. The Hall–Kier alpha value is -2.01. The Kier molecular flexibility index (Phi) is 4.63. The summed E-state index contributed by atoms with van der Waals surface area (Å²) >= 11 is 5.80. The van der Waals surface area contributed by atoms with Crippen molar-refractivity contribution in [2.75, 3.05) is 5.32 Å². The third-order valence-electron chi connectivity index (χ3n) is 2.63. The Morgan fingerprint density at radius 1 is 1.45 bits per heavy atom. The van der Waals surface area contributed by atoms with Gasteiger partial charge in [-0.2, -0.15) is 0 Å². The van der Waals surface area contributed by atoms with E-state index < -0.39 is 6.10 Å². The zero-order valence-electron chi connectivity index (χ0n) is 11.2. The molecule has 0 unspecified atom stereocenters. The molecule has 0 saturated carbocycles. The second-order valence-corrected chi connectivity index (χ2v) is 4.72. The number of anilines is 1. The minimum atomic E-state index is -0.604. The number of hydrogen-bond donors (Lipinski definition) is 1. The Bertz CT molecular complexity index is 580. The Morgan fingerprint density at radius 3 is 2.70 bits per heavy atom. The predicted molar refractivity (Wildman–Crippen MR) is 76.0 cm³/mol. The summed E-state index contributed by atoms with van der Waals surface area (Å²) in [6.07, 6.45) is -0.0705. The molecule has 5 nitrogen and oxygen atoms in total. The zero-order valence-corrected chi connectivity index (χ0v) is 12.0. The third kappa shape index (κ3) is 3.74. The van der Waals surface area contributed by atoms with Gasteiger partial charge >= 0.3 is 0 Å². The molecule has 1 aromatic carbocycles. The molecule has 106 valence electrons. The topological polar surface area (TPSA) is 64.4 Å². The van der Waals surface area contributed by atoms with Crippen LogP contribution in [0, 0.1) is 6.92 Å². The van der Waals surface area contributed by atoms with E-state index in [0.717, 1.165) is 0 Å². The van der Waals surface area contributed by atoms with E-state index in [1.54, 1.807) is 37.3 Å². The van der Waals surface area contributed by atoms with Gasteiger partial charge < -0.3 is 14.6 Å². The maximum Gasteiger partial charge on any atom is 0.266 e. The lowest BCUT2D eigenvalue weighted by atomic mass is 10.2. The number of nitrogens with zero attached hydrogens (tertiary/aromatic N) is 1. The van der Waals surface area contributed by atoms with Gasteiger partial charge in [0.15, 0.2) is 11.9 Å². The van der Waals surface area contributed by atoms with Gasteiger partial charge in [-0.3, -0.25) is 4.79 Å². The summed E-state index contributed by atoms with van der Waals surface area (Å²) in [4.78, 5) is 12.1. The molecule has 1 aromatic heterocycles. The van der Waals surface area contributed by atoms with E-state index in [4.69, 9.17) is 20.9 Å². The molecule has 0 aliphatic carbocycles. The van der Waals surface area contributed by atoms with E-state index >= 15 is 0 Å². The number of ether oxygens (including phenoxy) is 1. The summed E-state index contributed by atoms with van der Waals surface area (Å²) < 4.78 is 10.5. The van der Waals surface area contributed by atoms with Crippen LogP contribution in [0.4, 0.5) is 5.82 Å². The quantitative estimate of drug-likeness (QED) is 0.917. The van der Waals surface area contributed by atoms with E-state index in [2.05, 4.69) is 10.5 Å². The molecule has 6 heteroatoms. The Morgan fingerprint density at radius 2 is 2.15 bits per heavy atom. The van der Waals surface area contributed by atoms with Gasteiger partial charge in [0.25, 0.3) is 5.91 Å². The summed E-state index contributed by atoms with van der Waals surface area (Å²) in [5, 5.41) is 6.98. The SMILES string of the molecule is CC[C@H](Oc1ccc(Cl)cc1)C(=O)Nc1cc(C)on1.